The number of nitrogens with one attached hydrogen (secondary N) is 1. The van der Waals surface area contributed by atoms with Gasteiger partial charge in [0.15, 0.2) is 0 Å². The van der Waals surface area contributed by atoms with E-state index in [1.807, 2.05) is 18.2 Å². The molecule has 2 aromatic carbocycles. The van der Waals surface area contributed by atoms with Crippen molar-refractivity contribution < 1.29 is 39.5 Å². The number of morpholine rings is 1. The van der Waals surface area contributed by atoms with Crippen LogP contribution in [0.4, 0.5) is 18.9 Å². The number of sulfone groups is 1. The van der Waals surface area contributed by atoms with Gasteiger partial charge in [0.25, 0.3) is 9.84 Å². The number of benzene rings is 2. The lowest BCUT2D eigenvalue weighted by atomic mass is 10.2. The van der Waals surface area contributed by atoms with E-state index in [2.05, 4.69) is 5.32 Å². The smallest absolute Gasteiger partial charge is 0.380 e. The van der Waals surface area contributed by atoms with Crippen molar-refractivity contribution in [2.24, 2.45) is 5.14 Å². The third-order valence-electron chi connectivity index (χ3n) is 5.21. The standard InChI is InChI=1S/C21H24F3N3O6S3/c22-21(23,24)35(29,30)19-13-17(36(25,31)32)6-7-18(19)26-15(14-34-16-4-2-1-3-5-16)12-20(28)27-8-10-33-11-9-27/h1-7,13,15,26H,8-12,14H2,(H2,25,31,32)/t15-/m0/s1. The third kappa shape index (κ3) is 7.12. The lowest BCUT2D eigenvalue weighted by Crippen LogP contribution is -2.43. The highest BCUT2D eigenvalue weighted by Crippen LogP contribution is 2.36. The van der Waals surface area contributed by atoms with E-state index in [1.54, 1.807) is 17.0 Å². The van der Waals surface area contributed by atoms with Crippen LogP contribution >= 0.6 is 11.8 Å². The number of anilines is 1. The topological polar surface area (TPSA) is 136 Å². The minimum Gasteiger partial charge on any atom is -0.380 e. The number of halogens is 3. The predicted molar refractivity (Wildman–Crippen MR) is 128 cm³/mol. The number of carbonyl (C=O) groups is 1. The van der Waals surface area contributed by atoms with Gasteiger partial charge in [-0.2, -0.15) is 13.2 Å². The van der Waals surface area contributed by atoms with E-state index in [1.165, 1.54) is 11.8 Å². The number of sulfonamides is 1. The molecule has 0 bridgehead atoms. The van der Waals surface area contributed by atoms with E-state index in [9.17, 15) is 34.8 Å². The molecular formula is C21H24F3N3O6S3. The summed E-state index contributed by atoms with van der Waals surface area (Å²) in [5.74, 6) is -0.0893. The predicted octanol–water partition coefficient (Wildman–Crippen LogP) is 2.45. The second kappa shape index (κ2) is 11.4. The molecule has 1 saturated heterocycles. The molecule has 198 valence electrons. The van der Waals surface area contributed by atoms with E-state index < -0.39 is 46.9 Å². The molecule has 1 fully saturated rings. The first-order valence-corrected chi connectivity index (χ1v) is 14.6. The highest BCUT2D eigenvalue weighted by molar-refractivity contribution is 7.99. The summed E-state index contributed by atoms with van der Waals surface area (Å²) in [4.78, 5) is 13.2. The second-order valence-electron chi connectivity index (χ2n) is 7.81. The number of primary sulfonamides is 1. The van der Waals surface area contributed by atoms with Gasteiger partial charge in [0, 0.05) is 36.2 Å². The summed E-state index contributed by atoms with van der Waals surface area (Å²) < 4.78 is 93.4. The molecule has 1 aliphatic rings. The zero-order valence-electron chi connectivity index (χ0n) is 18.8. The fourth-order valence-corrected chi connectivity index (χ4v) is 5.89. The summed E-state index contributed by atoms with van der Waals surface area (Å²) in [6.07, 6.45) is -0.151. The Hall–Kier alpha value is -2.33. The van der Waals surface area contributed by atoms with Gasteiger partial charge in [0.05, 0.1) is 23.8 Å². The summed E-state index contributed by atoms with van der Waals surface area (Å²) in [6.45, 7) is 1.42. The molecule has 1 aliphatic heterocycles. The first-order valence-electron chi connectivity index (χ1n) is 10.6. The first kappa shape index (κ1) is 28.2. The van der Waals surface area contributed by atoms with Crippen LogP contribution in [0.3, 0.4) is 0 Å². The van der Waals surface area contributed by atoms with Gasteiger partial charge in [-0.3, -0.25) is 4.79 Å². The van der Waals surface area contributed by atoms with Crippen LogP contribution in [0.5, 0.6) is 0 Å². The zero-order valence-corrected chi connectivity index (χ0v) is 21.2. The van der Waals surface area contributed by atoms with Crippen molar-refractivity contribution in [3.8, 4) is 0 Å². The number of ether oxygens (including phenoxy) is 1. The van der Waals surface area contributed by atoms with Gasteiger partial charge in [0.1, 0.15) is 4.90 Å². The first-order chi connectivity index (χ1) is 16.8. The number of nitrogens with two attached hydrogens (primary N) is 1. The lowest BCUT2D eigenvalue weighted by Gasteiger charge is -2.29. The monoisotopic (exact) mass is 567 g/mol. The van der Waals surface area contributed by atoms with Crippen LogP contribution in [-0.2, 0) is 29.4 Å². The van der Waals surface area contributed by atoms with Crippen LogP contribution in [0.2, 0.25) is 0 Å². The molecule has 0 saturated carbocycles. The molecule has 0 radical (unpaired) electrons. The van der Waals surface area contributed by atoms with Gasteiger partial charge in [-0.15, -0.1) is 11.8 Å². The highest BCUT2D eigenvalue weighted by atomic mass is 32.2. The molecule has 3 N–H and O–H groups in total. The van der Waals surface area contributed by atoms with Crippen LogP contribution in [0.15, 0.2) is 63.2 Å². The normalized spacial score (nSPS) is 15.9. The van der Waals surface area contributed by atoms with Crippen molar-refractivity contribution >= 4 is 43.2 Å². The zero-order chi connectivity index (χ0) is 26.6. The van der Waals surface area contributed by atoms with Crippen LogP contribution in [-0.4, -0.2) is 71.2 Å². The number of hydrogen-bond donors (Lipinski definition) is 2. The molecule has 1 amide bonds. The Morgan fingerprint density at radius 3 is 2.31 bits per heavy atom. The lowest BCUT2D eigenvalue weighted by molar-refractivity contribution is -0.135. The fourth-order valence-electron chi connectivity index (χ4n) is 3.38. The molecule has 3 rings (SSSR count). The summed E-state index contributed by atoms with van der Waals surface area (Å²) in [6, 6.07) is 10.4. The van der Waals surface area contributed by atoms with Crippen LogP contribution in [0.25, 0.3) is 0 Å². The van der Waals surface area contributed by atoms with Crippen molar-refractivity contribution in [3.63, 3.8) is 0 Å². The number of nitrogens with zero attached hydrogens (tertiary/aromatic N) is 1. The van der Waals surface area contributed by atoms with E-state index in [0.717, 1.165) is 17.0 Å². The van der Waals surface area contributed by atoms with E-state index in [-0.39, 0.29) is 18.1 Å². The molecule has 0 unspecified atom stereocenters. The molecule has 0 spiro atoms. The van der Waals surface area contributed by atoms with Gasteiger partial charge in [0.2, 0.25) is 15.9 Å². The van der Waals surface area contributed by atoms with Crippen LogP contribution in [0.1, 0.15) is 6.42 Å². The molecule has 0 aliphatic carbocycles. The van der Waals surface area contributed by atoms with Crippen LogP contribution in [0, 0.1) is 0 Å². The maximum absolute atomic E-state index is 13.4. The Morgan fingerprint density at radius 1 is 1.08 bits per heavy atom. The van der Waals surface area contributed by atoms with Crippen molar-refractivity contribution in [3.05, 3.63) is 48.5 Å². The fraction of sp³-hybridized carbons (Fsp3) is 0.381. The summed E-state index contributed by atoms with van der Waals surface area (Å²) >= 11 is 1.32. The molecule has 36 heavy (non-hydrogen) atoms. The van der Waals surface area contributed by atoms with E-state index >= 15 is 0 Å². The van der Waals surface area contributed by atoms with E-state index in [0.29, 0.717) is 32.4 Å². The minimum atomic E-state index is -5.95. The molecule has 1 heterocycles. The van der Waals surface area contributed by atoms with Gasteiger partial charge in [-0.1, -0.05) is 18.2 Å². The Labute approximate surface area is 211 Å². The average Bonchev–Trinajstić information content (AvgIpc) is 2.82. The summed E-state index contributed by atoms with van der Waals surface area (Å²) in [7, 11) is -10.4. The maximum Gasteiger partial charge on any atom is 0.501 e. The van der Waals surface area contributed by atoms with Crippen molar-refractivity contribution in [1.29, 1.82) is 0 Å². The number of carbonyl (C=O) groups excluding carboxylic acids is 1. The Bertz CT molecular complexity index is 1280. The Morgan fingerprint density at radius 2 is 1.72 bits per heavy atom. The molecule has 15 heteroatoms. The average molecular weight is 568 g/mol. The third-order valence-corrected chi connectivity index (χ3v) is 8.83. The minimum absolute atomic E-state index is 0.151. The maximum atomic E-state index is 13.4. The quantitative estimate of drug-likeness (QED) is 0.441. The molecular weight excluding hydrogens is 543 g/mol. The summed E-state index contributed by atoms with van der Waals surface area (Å²) in [5.41, 5.74) is -6.19. The highest BCUT2D eigenvalue weighted by Gasteiger charge is 2.48. The van der Waals surface area contributed by atoms with Gasteiger partial charge in [-0.25, -0.2) is 22.0 Å². The number of hydrogen-bond acceptors (Lipinski definition) is 8. The number of alkyl halides is 3. The van der Waals surface area contributed by atoms with Crippen molar-refractivity contribution in [2.75, 3.05) is 37.4 Å². The van der Waals surface area contributed by atoms with Crippen LogP contribution < -0.4 is 10.5 Å². The molecule has 0 aromatic heterocycles. The van der Waals surface area contributed by atoms with Gasteiger partial charge >= 0.3 is 5.51 Å². The van der Waals surface area contributed by atoms with Crippen molar-refractivity contribution in [1.82, 2.24) is 4.90 Å². The molecule has 2 aromatic rings. The summed E-state index contributed by atoms with van der Waals surface area (Å²) in [5, 5.41) is 7.73. The largest absolute Gasteiger partial charge is 0.501 e. The number of rotatable bonds is 9. The van der Waals surface area contributed by atoms with Gasteiger partial charge < -0.3 is 15.0 Å². The Kier molecular flexibility index (Phi) is 8.93. The SMILES string of the molecule is NS(=O)(=O)c1ccc(N[C@H](CSc2ccccc2)CC(=O)N2CCOCC2)c(S(=O)(=O)C(F)(F)F)c1. The molecule has 1 atom stereocenters. The van der Waals surface area contributed by atoms with Crippen molar-refractivity contribution in [2.45, 2.75) is 32.7 Å². The van der Waals surface area contributed by atoms with Gasteiger partial charge in [-0.05, 0) is 30.3 Å². The van der Waals surface area contributed by atoms with E-state index in [4.69, 9.17) is 9.88 Å². The second-order valence-corrected chi connectivity index (χ2v) is 12.4. The number of thioether (sulfide) groups is 1. The molecule has 9 nitrogen and oxygen atoms in total. The Balaban J connectivity index is 1.96. The number of amides is 1.